The topological polar surface area (TPSA) is 144 Å². The van der Waals surface area contributed by atoms with E-state index < -0.39 is 36.7 Å². The van der Waals surface area contributed by atoms with Crippen molar-refractivity contribution < 1.29 is 39.4 Å². The van der Waals surface area contributed by atoms with E-state index in [1.165, 1.54) is 6.20 Å². The average molecular weight is 520 g/mol. The number of carbonyl (C=O) groups excluding carboxylic acids is 1. The number of carboxylic acid groups (broad SMARTS) is 1. The zero-order valence-electron chi connectivity index (χ0n) is 14.0. The Bertz CT molecular complexity index is 939. The lowest BCUT2D eigenvalue weighted by atomic mass is 9.99. The molecule has 4 N–H and O–H groups in total. The molecule has 1 aliphatic heterocycles. The van der Waals surface area contributed by atoms with E-state index in [4.69, 9.17) is 20.6 Å². The SMILES string of the molecule is C#CCOc1c(Br)cc2[nH]cc(O[C@@H]3O[C@H](C(=O)[O-])[C@@H](O)[C@H](O)[C@H]3O)c2c1Br. The van der Waals surface area contributed by atoms with Crippen LogP contribution in [0.1, 0.15) is 0 Å². The summed E-state index contributed by atoms with van der Waals surface area (Å²) in [7, 11) is 0. The number of aromatic amines is 1. The third kappa shape index (κ3) is 3.71. The molecular formula is C17H14Br2NO8-. The number of ether oxygens (including phenoxy) is 3. The van der Waals surface area contributed by atoms with Gasteiger partial charge in [-0.2, -0.15) is 0 Å². The molecule has 1 saturated heterocycles. The second-order valence-electron chi connectivity index (χ2n) is 5.90. The maximum absolute atomic E-state index is 11.1. The number of H-pyrrole nitrogens is 1. The third-order valence-electron chi connectivity index (χ3n) is 4.13. The van der Waals surface area contributed by atoms with Crippen molar-refractivity contribution in [2.24, 2.45) is 0 Å². The number of carboxylic acids is 1. The molecule has 5 atom stereocenters. The summed E-state index contributed by atoms with van der Waals surface area (Å²) in [6, 6.07) is 1.71. The summed E-state index contributed by atoms with van der Waals surface area (Å²) in [6.45, 7) is 0.0190. The highest BCUT2D eigenvalue weighted by Crippen LogP contribution is 2.44. The predicted octanol–water partition coefficient (Wildman–Crippen LogP) is -0.359. The van der Waals surface area contributed by atoms with Crippen molar-refractivity contribution in [2.45, 2.75) is 30.7 Å². The molecule has 0 saturated carbocycles. The minimum absolute atomic E-state index is 0.0190. The number of carbonyl (C=O) groups is 1. The number of hydrogen-bond donors (Lipinski definition) is 4. The molecule has 9 nitrogen and oxygen atoms in total. The molecule has 0 bridgehead atoms. The minimum atomic E-state index is -1.87. The number of aliphatic hydroxyl groups excluding tert-OH is 3. The molecule has 0 spiro atoms. The largest absolute Gasteiger partial charge is 0.547 e. The standard InChI is InChI=1S/C17H15Br2NO8/c1-2-3-26-14-6(18)4-7-9(10(14)19)8(5-20-7)27-17-13(23)11(21)12(22)15(28-17)16(24)25/h1,4-5,11-13,15,17,20-23H,3H2,(H,24,25)/p-1/t11-,12-,13+,15-,17+/m0/s1. The summed E-state index contributed by atoms with van der Waals surface area (Å²) in [6.07, 6.45) is -2.16. The first kappa shape index (κ1) is 20.9. The molecule has 1 fully saturated rings. The summed E-state index contributed by atoms with van der Waals surface area (Å²) < 4.78 is 17.3. The quantitative estimate of drug-likeness (QED) is 0.392. The van der Waals surface area contributed by atoms with Crippen LogP contribution in [0.4, 0.5) is 0 Å². The van der Waals surface area contributed by atoms with Crippen molar-refractivity contribution in [1.82, 2.24) is 4.98 Å². The number of halogens is 2. The van der Waals surface area contributed by atoms with Crippen molar-refractivity contribution in [3.8, 4) is 23.8 Å². The highest BCUT2D eigenvalue weighted by Gasteiger charge is 2.45. The Morgan fingerprint density at radius 3 is 2.68 bits per heavy atom. The molecule has 0 radical (unpaired) electrons. The molecule has 0 aliphatic carbocycles. The number of terminal acetylenes is 1. The van der Waals surface area contributed by atoms with Crippen molar-refractivity contribution in [3.63, 3.8) is 0 Å². The monoisotopic (exact) mass is 518 g/mol. The Morgan fingerprint density at radius 1 is 1.32 bits per heavy atom. The first-order valence-corrected chi connectivity index (χ1v) is 9.47. The van der Waals surface area contributed by atoms with E-state index >= 15 is 0 Å². The third-order valence-corrected chi connectivity index (χ3v) is 5.47. The number of rotatable bonds is 5. The van der Waals surface area contributed by atoms with Crippen LogP contribution in [0.5, 0.6) is 11.5 Å². The second kappa shape index (κ2) is 8.28. The summed E-state index contributed by atoms with van der Waals surface area (Å²) in [5.41, 5.74) is 0.615. The zero-order valence-corrected chi connectivity index (χ0v) is 17.1. The fourth-order valence-corrected chi connectivity index (χ4v) is 4.32. The Hall–Kier alpha value is -1.81. The zero-order chi connectivity index (χ0) is 20.6. The lowest BCUT2D eigenvalue weighted by Crippen LogP contribution is -2.63. The van der Waals surface area contributed by atoms with Gasteiger partial charge in [-0.05, 0) is 37.9 Å². The smallest absolute Gasteiger partial charge is 0.229 e. The van der Waals surface area contributed by atoms with Crippen LogP contribution in [0.15, 0.2) is 21.2 Å². The van der Waals surface area contributed by atoms with Crippen molar-refractivity contribution in [3.05, 3.63) is 21.2 Å². The van der Waals surface area contributed by atoms with Crippen molar-refractivity contribution in [1.29, 1.82) is 0 Å². The van der Waals surface area contributed by atoms with E-state index in [-0.39, 0.29) is 12.4 Å². The Kier molecular flexibility index (Phi) is 6.18. The first-order valence-electron chi connectivity index (χ1n) is 7.88. The summed E-state index contributed by atoms with van der Waals surface area (Å²) in [5, 5.41) is 41.3. The van der Waals surface area contributed by atoms with E-state index in [2.05, 4.69) is 42.8 Å². The maximum Gasteiger partial charge on any atom is 0.229 e. The lowest BCUT2D eigenvalue weighted by Gasteiger charge is -2.40. The molecule has 150 valence electrons. The van der Waals surface area contributed by atoms with Gasteiger partial charge in [0.05, 0.1) is 25.8 Å². The van der Waals surface area contributed by atoms with Gasteiger partial charge in [-0.15, -0.1) is 6.42 Å². The fraction of sp³-hybridized carbons (Fsp3) is 0.353. The average Bonchev–Trinajstić information content (AvgIpc) is 3.04. The Balaban J connectivity index is 1.96. The molecule has 1 aromatic carbocycles. The second-order valence-corrected chi connectivity index (χ2v) is 7.55. The molecular weight excluding hydrogens is 506 g/mol. The van der Waals surface area contributed by atoms with Gasteiger partial charge in [-0.1, -0.05) is 5.92 Å². The van der Waals surface area contributed by atoms with Crippen LogP contribution in [0.2, 0.25) is 0 Å². The molecule has 2 heterocycles. The Labute approximate surface area is 175 Å². The van der Waals surface area contributed by atoms with Crippen molar-refractivity contribution >= 4 is 48.7 Å². The summed E-state index contributed by atoms with van der Waals surface area (Å²) in [5.74, 6) is 1.18. The number of aromatic nitrogens is 1. The molecule has 1 aliphatic rings. The highest BCUT2D eigenvalue weighted by atomic mass is 79.9. The van der Waals surface area contributed by atoms with Gasteiger partial charge >= 0.3 is 0 Å². The van der Waals surface area contributed by atoms with Crippen LogP contribution in [0.3, 0.4) is 0 Å². The van der Waals surface area contributed by atoms with Gasteiger partial charge in [0.15, 0.2) is 0 Å². The number of aliphatic hydroxyl groups is 3. The van der Waals surface area contributed by atoms with Gasteiger partial charge in [0.2, 0.25) is 6.29 Å². The minimum Gasteiger partial charge on any atom is -0.547 e. The number of fused-ring (bicyclic) bond motifs is 1. The van der Waals surface area contributed by atoms with Gasteiger partial charge in [-0.3, -0.25) is 0 Å². The molecule has 28 heavy (non-hydrogen) atoms. The van der Waals surface area contributed by atoms with Crippen LogP contribution in [0.25, 0.3) is 10.9 Å². The molecule has 1 aromatic heterocycles. The normalized spacial score (nSPS) is 27.4. The molecule has 3 rings (SSSR count). The van der Waals surface area contributed by atoms with Crippen LogP contribution in [-0.2, 0) is 9.53 Å². The van der Waals surface area contributed by atoms with Gasteiger partial charge in [0.25, 0.3) is 0 Å². The fourth-order valence-electron chi connectivity index (χ4n) is 2.78. The molecule has 11 heteroatoms. The molecule has 2 aromatic rings. The number of hydrogen-bond acceptors (Lipinski definition) is 8. The lowest BCUT2D eigenvalue weighted by molar-refractivity contribution is -0.342. The van der Waals surface area contributed by atoms with Crippen LogP contribution < -0.4 is 14.6 Å². The van der Waals surface area contributed by atoms with E-state index in [1.54, 1.807) is 6.07 Å². The van der Waals surface area contributed by atoms with Crippen molar-refractivity contribution in [2.75, 3.05) is 6.61 Å². The van der Waals surface area contributed by atoms with Crippen LogP contribution in [-0.4, -0.2) is 63.6 Å². The highest BCUT2D eigenvalue weighted by molar-refractivity contribution is 9.11. The predicted molar refractivity (Wildman–Crippen MR) is 100 cm³/mol. The van der Waals surface area contributed by atoms with E-state index in [0.29, 0.717) is 25.6 Å². The van der Waals surface area contributed by atoms with E-state index in [9.17, 15) is 25.2 Å². The van der Waals surface area contributed by atoms with Gasteiger partial charge in [0.1, 0.15) is 42.5 Å². The number of benzene rings is 1. The van der Waals surface area contributed by atoms with Crippen LogP contribution >= 0.6 is 31.9 Å². The number of aliphatic carboxylic acids is 1. The first-order chi connectivity index (χ1) is 13.3. The Morgan fingerprint density at radius 2 is 2.04 bits per heavy atom. The van der Waals surface area contributed by atoms with E-state index in [0.717, 1.165) is 0 Å². The molecule has 0 amide bonds. The summed E-state index contributed by atoms with van der Waals surface area (Å²) >= 11 is 6.78. The van der Waals surface area contributed by atoms with Gasteiger partial charge in [-0.25, -0.2) is 0 Å². The number of nitrogens with one attached hydrogen (secondary N) is 1. The maximum atomic E-state index is 11.1. The van der Waals surface area contributed by atoms with Gasteiger partial charge in [0, 0.05) is 6.20 Å². The summed E-state index contributed by atoms with van der Waals surface area (Å²) in [4.78, 5) is 14.1. The van der Waals surface area contributed by atoms with E-state index in [1.807, 2.05) is 0 Å². The van der Waals surface area contributed by atoms with Crippen LogP contribution in [0, 0.1) is 12.3 Å². The molecule has 0 unspecified atom stereocenters. The van der Waals surface area contributed by atoms with Gasteiger partial charge < -0.3 is 44.4 Å².